The highest BCUT2D eigenvalue weighted by atomic mass is 16.5. The Morgan fingerprint density at radius 3 is 1.31 bits per heavy atom. The molecule has 2 aromatic heterocycles. The molecule has 2 aliphatic heterocycles. The molecule has 2 aliphatic rings. The van der Waals surface area contributed by atoms with Gasteiger partial charge in [0.1, 0.15) is 47.9 Å². The number of benzene rings is 4. The Labute approximate surface area is 623 Å². The molecule has 10 N–H and O–H groups in total. The lowest BCUT2D eigenvalue weighted by atomic mass is 10.0. The third kappa shape index (κ3) is 23.0. The van der Waals surface area contributed by atoms with Crippen molar-refractivity contribution in [3.8, 4) is 0 Å². The molecule has 0 spiro atoms. The Kier molecular flexibility index (Phi) is 30.5. The summed E-state index contributed by atoms with van der Waals surface area (Å²) in [6.07, 6.45) is 3.87. The summed E-state index contributed by atoms with van der Waals surface area (Å²) in [6.45, 7) is 10.4. The first-order valence-corrected chi connectivity index (χ1v) is 37.1. The van der Waals surface area contributed by atoms with E-state index in [1.807, 2.05) is 76.2 Å². The number of carbonyl (C=O) groups is 12. The molecule has 576 valence electrons. The van der Waals surface area contributed by atoms with Gasteiger partial charge in [0.2, 0.25) is 47.3 Å². The second-order valence-corrected chi connectivity index (χ2v) is 27.5. The fourth-order valence-electron chi connectivity index (χ4n) is 13.1. The van der Waals surface area contributed by atoms with E-state index in [1.165, 1.54) is 14.2 Å². The quantitative estimate of drug-likeness (QED) is 0.0156. The van der Waals surface area contributed by atoms with E-state index in [1.54, 1.807) is 77.0 Å². The molecule has 0 fully saturated rings. The van der Waals surface area contributed by atoms with Crippen molar-refractivity contribution in [1.29, 1.82) is 0 Å². The predicted molar refractivity (Wildman–Crippen MR) is 401 cm³/mol. The number of anilines is 2. The Balaban J connectivity index is 0.772. The molecule has 107 heavy (non-hydrogen) atoms. The van der Waals surface area contributed by atoms with E-state index in [0.717, 1.165) is 22.1 Å². The Morgan fingerprint density at radius 1 is 0.514 bits per heavy atom. The molecule has 30 heteroatoms. The maximum atomic E-state index is 14.1. The van der Waals surface area contributed by atoms with Crippen LogP contribution in [0.4, 0.5) is 11.4 Å². The zero-order valence-electron chi connectivity index (χ0n) is 62.8. The molecule has 0 saturated carbocycles. The van der Waals surface area contributed by atoms with Crippen LogP contribution in [-0.4, -0.2) is 201 Å². The maximum Gasteiger partial charge on any atom is 0.308 e. The van der Waals surface area contributed by atoms with Crippen LogP contribution in [0.2, 0.25) is 0 Å². The van der Waals surface area contributed by atoms with E-state index >= 15 is 0 Å². The van der Waals surface area contributed by atoms with Crippen LogP contribution < -0.4 is 42.5 Å². The number of ether oxygens (including phenoxy) is 2. The summed E-state index contributed by atoms with van der Waals surface area (Å²) in [6, 6.07) is 19.6. The predicted octanol–water partition coefficient (Wildman–Crippen LogP) is 6.01. The van der Waals surface area contributed by atoms with Crippen LogP contribution in [0.1, 0.15) is 174 Å². The molecule has 4 heterocycles. The highest BCUT2D eigenvalue weighted by molar-refractivity contribution is 5.98. The first-order valence-electron chi connectivity index (χ1n) is 37.1. The summed E-state index contributed by atoms with van der Waals surface area (Å²) in [5.74, 6) is -4.71. The first-order chi connectivity index (χ1) is 51.4. The standard InChI is InChI=1S/C77H104N16O14/c1-10-21-58(70(98)78-35-19-37-92-43-50-39-48(31-33-52(50)80-62(76(92)104)41-67(95)106-8)74(102)90(6)45-64-82-54-26-14-15-27-55(54)83-64)88-72(100)60(23-12-3)86-66(94)30-18-25-47(5)69(97)87-61(24-13-4)73(101)89-59(22-11-2)71(99)79-36-20-38-93-44-51-40-49(32-34-53(51)81-63(77(93)105)42-68(96)107-9)75(103)91(7)46-65-84-56-28-16-17-29-57(56)85-65/h14-17,26-29,31-34,39-40,47,58-63,80-81H,10-13,18-25,30,35-38,41-46H2,1-9H3,(H,78,98)(H,79,99)(H,82,83)(H,84,85)(H,86,94)(H,87,97)(H,88,100)(H,89,101)/t47?,58-,59-,60-,61-,62-,63-/m0/s1. The van der Waals surface area contributed by atoms with Crippen LogP contribution in [0.15, 0.2) is 84.9 Å². The largest absolute Gasteiger partial charge is 0.469 e. The van der Waals surface area contributed by atoms with Crippen LogP contribution in [0.25, 0.3) is 22.1 Å². The molecule has 10 amide bonds. The molecule has 1 unspecified atom stereocenters. The fraction of sp³-hybridized carbons (Fsp3) is 0.506. The van der Waals surface area contributed by atoms with Gasteiger partial charge in [-0.3, -0.25) is 57.5 Å². The van der Waals surface area contributed by atoms with E-state index in [4.69, 9.17) is 9.47 Å². The van der Waals surface area contributed by atoms with Crippen molar-refractivity contribution >= 4 is 104 Å². The summed E-state index contributed by atoms with van der Waals surface area (Å²) >= 11 is 0. The number of aromatic amines is 2. The number of hydrogen-bond acceptors (Lipinski definition) is 18. The normalized spacial score (nSPS) is 15.4. The summed E-state index contributed by atoms with van der Waals surface area (Å²) in [5, 5.41) is 23.5. The number of methoxy groups -OCH3 is 2. The fourth-order valence-corrected chi connectivity index (χ4v) is 13.1. The first kappa shape index (κ1) is 81.7. The zero-order valence-corrected chi connectivity index (χ0v) is 62.8. The number of esters is 2. The minimum atomic E-state index is -0.974. The molecule has 0 bridgehead atoms. The number of H-pyrrole nitrogens is 2. The molecule has 0 saturated heterocycles. The van der Waals surface area contributed by atoms with Crippen molar-refractivity contribution in [2.45, 2.75) is 193 Å². The number of nitrogens with zero attached hydrogens (tertiary/aromatic N) is 6. The lowest BCUT2D eigenvalue weighted by Gasteiger charge is -2.25. The lowest BCUT2D eigenvalue weighted by molar-refractivity contribution is -0.144. The number of hydrogen-bond donors (Lipinski definition) is 10. The van der Waals surface area contributed by atoms with Crippen molar-refractivity contribution in [1.82, 2.24) is 71.4 Å². The number of fused-ring (bicyclic) bond motifs is 4. The zero-order chi connectivity index (χ0) is 77.3. The number of carbonyl (C=O) groups excluding carboxylic acids is 12. The van der Waals surface area contributed by atoms with Crippen LogP contribution in [0.5, 0.6) is 0 Å². The van der Waals surface area contributed by atoms with Gasteiger partial charge in [-0.05, 0) is 123 Å². The monoisotopic (exact) mass is 1480 g/mol. The molecule has 0 aliphatic carbocycles. The second kappa shape index (κ2) is 40.0. The van der Waals surface area contributed by atoms with Crippen molar-refractivity contribution in [3.05, 3.63) is 119 Å². The number of para-hydroxylation sites is 4. The van der Waals surface area contributed by atoms with Gasteiger partial charge < -0.3 is 81.6 Å². The number of aromatic nitrogens is 4. The van der Waals surface area contributed by atoms with Crippen LogP contribution in [-0.2, 0) is 83.6 Å². The molecule has 4 aromatic carbocycles. The number of amides is 10. The SMILES string of the molecule is CCC[C@H](NC(=O)CCCC(C)C(=O)N[C@@H](CCC)C(=O)N[C@@H](CCC)C(=O)NCCCN1Cc2cc(C(=O)N(C)Cc3nc4ccccc4[nH]3)ccc2N[C@@H](CC(=O)OC)C1=O)C(=O)N[C@@H](CCC)C(=O)NCCCN1Cc2cc(C(=O)N(C)Cc3nc4ccccc4[nH]3)ccc2N[C@@H](CC(=O)OC)C1=O. The maximum absolute atomic E-state index is 14.1. The van der Waals surface area contributed by atoms with Crippen molar-refractivity contribution < 1.29 is 67.0 Å². The second-order valence-electron chi connectivity index (χ2n) is 27.5. The average Bonchev–Trinajstić information content (AvgIpc) is 1.73. The summed E-state index contributed by atoms with van der Waals surface area (Å²) < 4.78 is 9.83. The highest BCUT2D eigenvalue weighted by Gasteiger charge is 2.35. The third-order valence-electron chi connectivity index (χ3n) is 19.0. The highest BCUT2D eigenvalue weighted by Crippen LogP contribution is 2.29. The van der Waals surface area contributed by atoms with Crippen LogP contribution >= 0.6 is 0 Å². The van der Waals surface area contributed by atoms with E-state index in [2.05, 4.69) is 62.5 Å². The van der Waals surface area contributed by atoms with Crippen LogP contribution in [0.3, 0.4) is 0 Å². The minimum Gasteiger partial charge on any atom is -0.469 e. The number of imidazole rings is 2. The topological polar surface area (TPSA) is 390 Å². The smallest absolute Gasteiger partial charge is 0.308 e. The van der Waals surface area contributed by atoms with Crippen LogP contribution in [0, 0.1) is 5.92 Å². The third-order valence-corrected chi connectivity index (χ3v) is 19.0. The van der Waals surface area contributed by atoms with Gasteiger partial charge in [0, 0.05) is 88.2 Å². The van der Waals surface area contributed by atoms with E-state index in [9.17, 15) is 57.5 Å². The van der Waals surface area contributed by atoms with Gasteiger partial charge >= 0.3 is 11.9 Å². The minimum absolute atomic E-state index is 0.0226. The number of nitrogens with one attached hydrogen (secondary N) is 10. The Bertz CT molecular complexity index is 4070. The van der Waals surface area contributed by atoms with Crippen molar-refractivity contribution in [3.63, 3.8) is 0 Å². The molecular weight excluding hydrogens is 1370 g/mol. The molecular formula is C77H104N16O14. The van der Waals surface area contributed by atoms with Gasteiger partial charge in [-0.15, -0.1) is 0 Å². The molecule has 8 rings (SSSR count). The van der Waals surface area contributed by atoms with E-state index in [-0.39, 0.29) is 121 Å². The summed E-state index contributed by atoms with van der Waals surface area (Å²) in [7, 11) is 5.83. The number of rotatable bonds is 39. The summed E-state index contributed by atoms with van der Waals surface area (Å²) in [4.78, 5) is 185. The van der Waals surface area contributed by atoms with Gasteiger partial charge in [0.25, 0.3) is 11.8 Å². The molecule has 6 aromatic rings. The van der Waals surface area contributed by atoms with Gasteiger partial charge in [-0.2, -0.15) is 0 Å². The Morgan fingerprint density at radius 2 is 0.907 bits per heavy atom. The summed E-state index contributed by atoms with van der Waals surface area (Å²) in [5.41, 5.74) is 6.46. The van der Waals surface area contributed by atoms with Crippen molar-refractivity contribution in [2.24, 2.45) is 5.92 Å². The Hall–Kier alpha value is -10.9. The van der Waals surface area contributed by atoms with Gasteiger partial charge in [0.15, 0.2) is 0 Å². The van der Waals surface area contributed by atoms with E-state index < -0.39 is 89.6 Å². The van der Waals surface area contributed by atoms with Gasteiger partial charge in [0.05, 0.1) is 62.2 Å². The molecule has 0 radical (unpaired) electrons. The van der Waals surface area contributed by atoms with Crippen molar-refractivity contribution in [2.75, 3.05) is 65.1 Å². The molecule has 30 nitrogen and oxygen atoms in total. The van der Waals surface area contributed by atoms with Gasteiger partial charge in [-0.1, -0.05) is 84.6 Å². The van der Waals surface area contributed by atoms with Gasteiger partial charge in [-0.25, -0.2) is 9.97 Å². The van der Waals surface area contributed by atoms with E-state index in [0.29, 0.717) is 96.6 Å². The molecule has 7 atom stereocenters. The average molecular weight is 1480 g/mol. The lowest BCUT2D eigenvalue weighted by Crippen LogP contribution is -2.54.